The van der Waals surface area contributed by atoms with Crippen LogP contribution in [-0.4, -0.2) is 31.6 Å². The van der Waals surface area contributed by atoms with Crippen molar-refractivity contribution in [2.45, 2.75) is 12.7 Å². The summed E-state index contributed by atoms with van der Waals surface area (Å²) in [5.41, 5.74) is 5.17. The van der Waals surface area contributed by atoms with Gasteiger partial charge in [-0.25, -0.2) is 0 Å². The molecule has 23 heavy (non-hydrogen) atoms. The third-order valence-corrected chi connectivity index (χ3v) is 3.84. The first kappa shape index (κ1) is 15.4. The van der Waals surface area contributed by atoms with Crippen molar-refractivity contribution in [1.29, 1.82) is 0 Å². The second kappa shape index (κ2) is 6.30. The van der Waals surface area contributed by atoms with Gasteiger partial charge >= 0.3 is 134 Å². The Morgan fingerprint density at radius 3 is 2.57 bits per heavy atom. The van der Waals surface area contributed by atoms with Crippen LogP contribution in [0.25, 0.3) is 11.1 Å². The summed E-state index contributed by atoms with van der Waals surface area (Å²) in [6.45, 7) is 1.64. The molecule has 0 spiro atoms. The van der Waals surface area contributed by atoms with Crippen molar-refractivity contribution < 1.29 is 14.5 Å². The summed E-state index contributed by atoms with van der Waals surface area (Å²) in [6, 6.07) is 11.3. The summed E-state index contributed by atoms with van der Waals surface area (Å²) >= 11 is 0. The van der Waals surface area contributed by atoms with Crippen molar-refractivity contribution in [2.24, 2.45) is 4.99 Å². The minimum absolute atomic E-state index is 0.373. The molecule has 1 unspecified atom stereocenters. The number of carbonyl (C=O) groups is 1. The molecule has 1 atom stereocenters. The Morgan fingerprint density at radius 2 is 1.91 bits per heavy atom. The quantitative estimate of drug-likeness (QED) is 0.504. The van der Waals surface area contributed by atoms with E-state index in [0.29, 0.717) is 12.8 Å². The van der Waals surface area contributed by atoms with Gasteiger partial charge in [-0.3, -0.25) is 0 Å². The Morgan fingerprint density at radius 1 is 1.22 bits per heavy atom. The van der Waals surface area contributed by atoms with E-state index in [1.807, 2.05) is 36.4 Å². The number of aldehydes is 1. The maximum absolute atomic E-state index is 11.6. The molecule has 2 aromatic rings. The summed E-state index contributed by atoms with van der Waals surface area (Å²) in [5, 5.41) is 12.4. The van der Waals surface area contributed by atoms with Gasteiger partial charge in [0.25, 0.3) is 0 Å². The summed E-state index contributed by atoms with van der Waals surface area (Å²) in [7, 11) is -0.0523. The average Bonchev–Trinajstić information content (AvgIpc) is 2.84. The zero-order chi connectivity index (χ0) is 16.4. The number of benzene rings is 2. The van der Waals surface area contributed by atoms with Gasteiger partial charge in [-0.1, -0.05) is 0 Å². The van der Waals surface area contributed by atoms with Crippen LogP contribution in [0.3, 0.4) is 0 Å². The number of nitrogens with one attached hydrogen (secondary N) is 1. The Bertz CT molecular complexity index is 806. The van der Waals surface area contributed by atoms with Crippen molar-refractivity contribution in [3.05, 3.63) is 47.5 Å². The number of fused-ring (bicyclic) bond motifs is 3. The van der Waals surface area contributed by atoms with Gasteiger partial charge in [-0.05, 0) is 0 Å². The van der Waals surface area contributed by atoms with Crippen molar-refractivity contribution in [3.8, 4) is 11.1 Å². The number of carbonyl (C=O) groups excluding carboxylic acids is 1. The first-order chi connectivity index (χ1) is 11.1. The number of hydrogen-bond donors (Lipinski definition) is 2. The molecule has 0 saturated carbocycles. The zero-order valence-electron chi connectivity index (χ0n) is 12.6. The molecule has 0 heterocycles. The summed E-state index contributed by atoms with van der Waals surface area (Å²) < 4.78 is 10.4. The van der Waals surface area contributed by atoms with E-state index in [1.165, 1.54) is 6.11 Å². The molecule has 1 aliphatic carbocycles. The molecule has 0 saturated heterocycles. The molecule has 1 aliphatic rings. The Hall–Kier alpha value is -2.53. The van der Waals surface area contributed by atoms with Gasteiger partial charge in [0.1, 0.15) is 0 Å². The molecular formula is C16H14B2N2O3. The molecular weight excluding hydrogens is 290 g/mol. The standard InChI is InChI=1S/C16H14B2N2O3/c1-18(23)20-11-3-5-13-12-4-2-10(19-9-17-22)6-14(12)16(8-21)15(13)7-11/h2-9,16,20,23H,1H3. The fraction of sp³-hybridized carbons (Fsp3) is 0.125. The molecule has 2 N–H and O–H groups in total. The van der Waals surface area contributed by atoms with Crippen LogP contribution < -0.4 is 5.23 Å². The molecule has 0 aromatic heterocycles. The topological polar surface area (TPSA) is 78.8 Å². The van der Waals surface area contributed by atoms with Gasteiger partial charge in [0.2, 0.25) is 0 Å². The number of hydrogen-bond acceptors (Lipinski definition) is 5. The van der Waals surface area contributed by atoms with E-state index in [-0.39, 0.29) is 5.92 Å². The third-order valence-electron chi connectivity index (χ3n) is 3.84. The van der Waals surface area contributed by atoms with Gasteiger partial charge in [0.05, 0.1) is 0 Å². The number of aliphatic imine (C=N–C) groups is 1. The average molecular weight is 304 g/mol. The van der Waals surface area contributed by atoms with E-state index in [2.05, 4.69) is 10.2 Å². The number of nitrogens with zero attached hydrogens (tertiary/aromatic N) is 1. The zero-order valence-corrected chi connectivity index (χ0v) is 12.6. The predicted octanol–water partition coefficient (Wildman–Crippen LogP) is 2.23. The Labute approximate surface area is 134 Å². The molecule has 112 valence electrons. The summed E-state index contributed by atoms with van der Waals surface area (Å²) in [6.07, 6.45) is 2.09. The van der Waals surface area contributed by atoms with Gasteiger partial charge < -0.3 is 0 Å². The van der Waals surface area contributed by atoms with E-state index in [0.717, 1.165) is 34.2 Å². The Kier molecular flexibility index (Phi) is 4.21. The van der Waals surface area contributed by atoms with Gasteiger partial charge in [0, 0.05) is 0 Å². The van der Waals surface area contributed by atoms with Crippen LogP contribution in [0.5, 0.6) is 0 Å². The predicted molar refractivity (Wildman–Crippen MR) is 91.8 cm³/mol. The molecule has 0 bridgehead atoms. The number of anilines is 1. The summed E-state index contributed by atoms with van der Waals surface area (Å²) in [4.78, 5) is 15.7. The molecule has 0 radical (unpaired) electrons. The van der Waals surface area contributed by atoms with Crippen LogP contribution in [0.1, 0.15) is 17.0 Å². The molecule has 5 nitrogen and oxygen atoms in total. The first-order valence-corrected chi connectivity index (χ1v) is 7.30. The summed E-state index contributed by atoms with van der Waals surface area (Å²) in [5.74, 6) is -0.373. The van der Waals surface area contributed by atoms with Crippen LogP contribution >= 0.6 is 0 Å². The normalized spacial score (nSPS) is 15.0. The molecule has 7 heteroatoms. The van der Waals surface area contributed by atoms with Crippen LogP contribution in [-0.2, 0) is 9.50 Å². The molecule has 0 fully saturated rings. The molecule has 0 aliphatic heterocycles. The van der Waals surface area contributed by atoms with E-state index in [4.69, 9.17) is 0 Å². The fourth-order valence-corrected chi connectivity index (χ4v) is 2.96. The van der Waals surface area contributed by atoms with Crippen LogP contribution in [0.4, 0.5) is 11.4 Å². The van der Waals surface area contributed by atoms with Gasteiger partial charge in [-0.2, -0.15) is 0 Å². The molecule has 2 aromatic carbocycles. The first-order valence-electron chi connectivity index (χ1n) is 7.30. The van der Waals surface area contributed by atoms with Crippen molar-refractivity contribution >= 4 is 38.0 Å². The van der Waals surface area contributed by atoms with E-state index in [1.54, 1.807) is 6.82 Å². The molecule has 3 rings (SSSR count). The Balaban J connectivity index is 2.07. The molecule has 0 amide bonds. The SMILES string of the molecule is CB(O)Nc1ccc2c(c1)C(C=O)c1cc(N=CB=O)ccc1-2. The maximum atomic E-state index is 11.6. The van der Waals surface area contributed by atoms with E-state index in [9.17, 15) is 14.5 Å². The number of rotatable bonds is 5. The van der Waals surface area contributed by atoms with E-state index < -0.39 is 7.05 Å². The minimum atomic E-state index is -0.671. The monoisotopic (exact) mass is 304 g/mol. The van der Waals surface area contributed by atoms with Crippen molar-refractivity contribution in [2.75, 3.05) is 5.23 Å². The second-order valence-electron chi connectivity index (χ2n) is 5.42. The second-order valence-corrected chi connectivity index (χ2v) is 5.42. The van der Waals surface area contributed by atoms with Gasteiger partial charge in [0.15, 0.2) is 0 Å². The van der Waals surface area contributed by atoms with Crippen LogP contribution in [0.15, 0.2) is 41.4 Å². The fourth-order valence-electron chi connectivity index (χ4n) is 2.96. The van der Waals surface area contributed by atoms with Crippen molar-refractivity contribution in [1.82, 2.24) is 0 Å². The third kappa shape index (κ3) is 2.87. The van der Waals surface area contributed by atoms with Gasteiger partial charge in [-0.15, -0.1) is 0 Å². The van der Waals surface area contributed by atoms with Crippen LogP contribution in [0, 0.1) is 0 Å². The van der Waals surface area contributed by atoms with Crippen LogP contribution in [0.2, 0.25) is 6.82 Å². The van der Waals surface area contributed by atoms with E-state index >= 15 is 0 Å². The van der Waals surface area contributed by atoms with Crippen molar-refractivity contribution in [3.63, 3.8) is 0 Å².